The lowest BCUT2D eigenvalue weighted by Crippen LogP contribution is -2.45. The monoisotopic (exact) mass is 383 g/mol. The van der Waals surface area contributed by atoms with Gasteiger partial charge in [0.15, 0.2) is 0 Å². The van der Waals surface area contributed by atoms with Crippen molar-refractivity contribution < 1.29 is 18.8 Å². The van der Waals surface area contributed by atoms with E-state index in [0.29, 0.717) is 5.69 Å². The lowest BCUT2D eigenvalue weighted by molar-refractivity contribution is -0.125. The molecule has 0 saturated carbocycles. The van der Waals surface area contributed by atoms with Gasteiger partial charge >= 0.3 is 0 Å². The Morgan fingerprint density at radius 3 is 2.39 bits per heavy atom. The van der Waals surface area contributed by atoms with Crippen molar-refractivity contribution in [3.05, 3.63) is 66.0 Å². The van der Waals surface area contributed by atoms with Gasteiger partial charge in [-0.2, -0.15) is 5.10 Å². The predicted molar refractivity (Wildman–Crippen MR) is 100 cm³/mol. The molecule has 1 heterocycles. The number of nitrogens with two attached hydrogens (primary N) is 1. The molecule has 0 aromatic heterocycles. The quantitative estimate of drug-likeness (QED) is 0.657. The van der Waals surface area contributed by atoms with Crippen molar-refractivity contribution in [2.45, 2.75) is 18.9 Å². The van der Waals surface area contributed by atoms with E-state index >= 15 is 0 Å². The molecule has 0 aliphatic carbocycles. The van der Waals surface area contributed by atoms with Crippen LogP contribution in [-0.4, -0.2) is 29.5 Å². The molecule has 2 aromatic rings. The lowest BCUT2D eigenvalue weighted by Gasteiger charge is -2.20. The number of hydrogen-bond donors (Lipinski definition) is 3. The Bertz CT molecular complexity index is 915. The van der Waals surface area contributed by atoms with E-state index in [0.717, 1.165) is 5.56 Å². The summed E-state index contributed by atoms with van der Waals surface area (Å²) in [5.74, 6) is -2.18. The Balaban J connectivity index is 1.64. The molecular formula is C19H18FN5O3. The van der Waals surface area contributed by atoms with Crippen LogP contribution in [-0.2, 0) is 20.8 Å². The normalized spacial score (nSPS) is 15.7. The zero-order chi connectivity index (χ0) is 20.1. The van der Waals surface area contributed by atoms with Gasteiger partial charge in [0.25, 0.3) is 5.91 Å². The van der Waals surface area contributed by atoms with E-state index < -0.39 is 29.6 Å². The van der Waals surface area contributed by atoms with E-state index in [9.17, 15) is 18.8 Å². The number of primary amides is 1. The molecule has 8 nitrogen and oxygen atoms in total. The highest BCUT2D eigenvalue weighted by Gasteiger charge is 2.35. The molecule has 0 radical (unpaired) electrons. The van der Waals surface area contributed by atoms with E-state index in [1.165, 1.54) is 29.3 Å². The average Bonchev–Trinajstić information content (AvgIpc) is 3.13. The first-order valence-corrected chi connectivity index (χ1v) is 8.49. The minimum atomic E-state index is -0.883. The van der Waals surface area contributed by atoms with E-state index in [1.807, 2.05) is 18.2 Å². The number of halogens is 1. The third kappa shape index (κ3) is 4.50. The molecule has 0 spiro atoms. The number of amides is 3. The molecule has 1 aliphatic heterocycles. The van der Waals surface area contributed by atoms with E-state index in [1.54, 1.807) is 12.1 Å². The molecule has 28 heavy (non-hydrogen) atoms. The highest BCUT2D eigenvalue weighted by molar-refractivity contribution is 6.40. The zero-order valence-corrected chi connectivity index (χ0v) is 14.8. The zero-order valence-electron chi connectivity index (χ0n) is 14.8. The molecule has 2 aromatic carbocycles. The summed E-state index contributed by atoms with van der Waals surface area (Å²) in [6, 6.07) is 13.4. The molecule has 0 bridgehead atoms. The summed E-state index contributed by atoms with van der Waals surface area (Å²) in [5, 5.41) is 5.38. The summed E-state index contributed by atoms with van der Waals surface area (Å²) in [6.45, 7) is 0. The van der Waals surface area contributed by atoms with Gasteiger partial charge in [-0.05, 0) is 29.8 Å². The molecular weight excluding hydrogens is 365 g/mol. The van der Waals surface area contributed by atoms with Crippen molar-refractivity contribution in [2.75, 3.05) is 5.01 Å². The van der Waals surface area contributed by atoms with Gasteiger partial charge in [-0.15, -0.1) is 0 Å². The average molecular weight is 383 g/mol. The van der Waals surface area contributed by atoms with Gasteiger partial charge in [-0.3, -0.25) is 30.2 Å². The van der Waals surface area contributed by atoms with Crippen LogP contribution in [0.2, 0.25) is 0 Å². The number of carbonyl (C=O) groups excluding carboxylic acids is 3. The number of benzene rings is 2. The highest BCUT2D eigenvalue weighted by Crippen LogP contribution is 2.24. The number of nitrogens with one attached hydrogen (secondary N) is 2. The molecule has 4 N–H and O–H groups in total. The Labute approximate surface area is 160 Å². The molecule has 0 fully saturated rings. The van der Waals surface area contributed by atoms with Crippen LogP contribution in [0, 0.1) is 5.82 Å². The van der Waals surface area contributed by atoms with Crippen LogP contribution in [0.3, 0.4) is 0 Å². The van der Waals surface area contributed by atoms with Gasteiger partial charge in [0.2, 0.25) is 11.8 Å². The second-order valence-corrected chi connectivity index (χ2v) is 6.15. The number of carbonyl (C=O) groups is 3. The van der Waals surface area contributed by atoms with Crippen LogP contribution in [0.25, 0.3) is 0 Å². The minimum Gasteiger partial charge on any atom is -0.368 e. The molecule has 144 valence electrons. The van der Waals surface area contributed by atoms with Gasteiger partial charge in [0.05, 0.1) is 12.1 Å². The fourth-order valence-corrected chi connectivity index (χ4v) is 2.72. The number of rotatable bonds is 5. The van der Waals surface area contributed by atoms with Gasteiger partial charge in [0.1, 0.15) is 17.6 Å². The van der Waals surface area contributed by atoms with Crippen molar-refractivity contribution in [1.29, 1.82) is 0 Å². The van der Waals surface area contributed by atoms with E-state index in [4.69, 9.17) is 5.73 Å². The topological polar surface area (TPSA) is 117 Å². The molecule has 1 atom stereocenters. The maximum atomic E-state index is 13.1. The van der Waals surface area contributed by atoms with Crippen LogP contribution in [0.5, 0.6) is 0 Å². The van der Waals surface area contributed by atoms with Crippen molar-refractivity contribution in [3.8, 4) is 0 Å². The van der Waals surface area contributed by atoms with Crippen molar-refractivity contribution in [2.24, 2.45) is 10.8 Å². The van der Waals surface area contributed by atoms with Gasteiger partial charge in [0, 0.05) is 6.42 Å². The molecule has 3 amide bonds. The van der Waals surface area contributed by atoms with Crippen LogP contribution in [0.15, 0.2) is 59.7 Å². The fourth-order valence-electron chi connectivity index (χ4n) is 2.72. The predicted octanol–water partition coefficient (Wildman–Crippen LogP) is 0.636. The molecule has 3 rings (SSSR count). The van der Waals surface area contributed by atoms with Crippen LogP contribution in [0.1, 0.15) is 12.0 Å². The third-order valence-electron chi connectivity index (χ3n) is 4.12. The maximum Gasteiger partial charge on any atom is 0.285 e. The lowest BCUT2D eigenvalue weighted by atomic mass is 10.1. The first kappa shape index (κ1) is 19.0. The van der Waals surface area contributed by atoms with Crippen molar-refractivity contribution in [3.63, 3.8) is 0 Å². The Morgan fingerprint density at radius 1 is 1.07 bits per heavy atom. The summed E-state index contributed by atoms with van der Waals surface area (Å²) >= 11 is 0. The number of hydrogen-bond acceptors (Lipinski definition) is 5. The van der Waals surface area contributed by atoms with Crippen molar-refractivity contribution in [1.82, 2.24) is 10.9 Å². The number of anilines is 1. The molecule has 0 saturated heterocycles. The van der Waals surface area contributed by atoms with E-state index in [-0.39, 0.29) is 18.6 Å². The Morgan fingerprint density at radius 2 is 1.75 bits per heavy atom. The molecule has 9 heteroatoms. The van der Waals surface area contributed by atoms with Gasteiger partial charge in [-0.25, -0.2) is 4.39 Å². The summed E-state index contributed by atoms with van der Waals surface area (Å²) in [5.41, 5.74) is 11.2. The second-order valence-electron chi connectivity index (χ2n) is 6.15. The molecule has 1 unspecified atom stereocenters. The first-order chi connectivity index (χ1) is 13.4. The largest absolute Gasteiger partial charge is 0.368 e. The second kappa shape index (κ2) is 8.30. The van der Waals surface area contributed by atoms with Gasteiger partial charge < -0.3 is 5.73 Å². The summed E-state index contributed by atoms with van der Waals surface area (Å²) in [6.07, 6.45) is 0.0618. The number of nitrogens with zero attached hydrogens (tertiary/aromatic N) is 2. The van der Waals surface area contributed by atoms with Crippen LogP contribution < -0.4 is 21.6 Å². The fraction of sp³-hybridized carbons (Fsp3) is 0.158. The van der Waals surface area contributed by atoms with Crippen molar-refractivity contribution >= 4 is 29.1 Å². The SMILES string of the molecule is NC(=O)C1CC(C(=O)NNC(=O)Cc2ccccc2)=NN1c1ccc(F)cc1. The summed E-state index contributed by atoms with van der Waals surface area (Å²) in [7, 11) is 0. The highest BCUT2D eigenvalue weighted by atomic mass is 19.1. The first-order valence-electron chi connectivity index (χ1n) is 8.49. The standard InChI is InChI=1S/C19H18FN5O3/c20-13-6-8-14(9-7-13)25-16(18(21)27)11-15(24-25)19(28)23-22-17(26)10-12-4-2-1-3-5-12/h1-9,16H,10-11H2,(H2,21,27)(H,22,26)(H,23,28). The Kier molecular flexibility index (Phi) is 5.64. The third-order valence-corrected chi connectivity index (χ3v) is 4.12. The van der Waals surface area contributed by atoms with E-state index in [2.05, 4.69) is 16.0 Å². The summed E-state index contributed by atoms with van der Waals surface area (Å²) < 4.78 is 13.1. The van der Waals surface area contributed by atoms with Crippen LogP contribution in [0.4, 0.5) is 10.1 Å². The van der Waals surface area contributed by atoms with Crippen LogP contribution >= 0.6 is 0 Å². The minimum absolute atomic E-state index is 0.0214. The molecule has 1 aliphatic rings. The smallest absolute Gasteiger partial charge is 0.285 e. The number of hydrazone groups is 1. The Hall–Kier alpha value is -3.75. The van der Waals surface area contributed by atoms with Gasteiger partial charge in [-0.1, -0.05) is 30.3 Å². The number of hydrazine groups is 1. The maximum absolute atomic E-state index is 13.1. The summed E-state index contributed by atoms with van der Waals surface area (Å²) in [4.78, 5) is 36.0.